The lowest BCUT2D eigenvalue weighted by Gasteiger charge is -2.02. The molecule has 0 radical (unpaired) electrons. The molecule has 1 aromatic carbocycles. The predicted octanol–water partition coefficient (Wildman–Crippen LogP) is 3.02. The van der Waals surface area contributed by atoms with E-state index in [0.717, 1.165) is 0 Å². The van der Waals surface area contributed by atoms with Gasteiger partial charge in [0.25, 0.3) is 5.69 Å². The van der Waals surface area contributed by atoms with Gasteiger partial charge in [-0.15, -0.1) is 10.2 Å². The predicted molar refractivity (Wildman–Crippen MR) is 91.5 cm³/mol. The van der Waals surface area contributed by atoms with Gasteiger partial charge in [0.15, 0.2) is 10.1 Å². The number of carbonyl (C=O) groups is 2. The van der Waals surface area contributed by atoms with Gasteiger partial charge in [-0.25, -0.2) is 0 Å². The van der Waals surface area contributed by atoms with E-state index in [4.69, 9.17) is 0 Å². The van der Waals surface area contributed by atoms with Crippen LogP contribution in [0.3, 0.4) is 0 Å². The number of benzene rings is 1. The maximum Gasteiger partial charge on any atom is 0.269 e. The van der Waals surface area contributed by atoms with Crippen molar-refractivity contribution >= 4 is 45.6 Å². The summed E-state index contributed by atoms with van der Waals surface area (Å²) in [6.07, 6.45) is 0. The number of Topliss-reactive ketones (excluding diaryl/α,β-unsaturated/α-hetero) is 1. The van der Waals surface area contributed by atoms with E-state index in [2.05, 4.69) is 15.5 Å². The number of aromatic nitrogens is 2. The number of nitro groups is 1. The zero-order valence-electron chi connectivity index (χ0n) is 12.9. The summed E-state index contributed by atoms with van der Waals surface area (Å²) in [5, 5.41) is 21.4. The molecule has 0 spiro atoms. The molecule has 126 valence electrons. The Labute approximate surface area is 145 Å². The largest absolute Gasteiger partial charge is 0.300 e. The van der Waals surface area contributed by atoms with Crippen LogP contribution in [0.5, 0.6) is 0 Å². The van der Waals surface area contributed by atoms with Gasteiger partial charge in [-0.2, -0.15) is 0 Å². The van der Waals surface area contributed by atoms with Crippen LogP contribution in [0.1, 0.15) is 24.2 Å². The van der Waals surface area contributed by atoms with Crippen LogP contribution < -0.4 is 5.32 Å². The quantitative estimate of drug-likeness (QED) is 0.263. The summed E-state index contributed by atoms with van der Waals surface area (Å²) in [5.41, 5.74) is 0.333. The number of amides is 1. The van der Waals surface area contributed by atoms with Crippen LogP contribution in [0.15, 0.2) is 28.6 Å². The zero-order valence-corrected chi connectivity index (χ0v) is 14.5. The van der Waals surface area contributed by atoms with Crippen LogP contribution in [0, 0.1) is 16.0 Å². The molecule has 8 nitrogen and oxygen atoms in total. The zero-order chi connectivity index (χ0) is 17.7. The molecule has 0 aliphatic heterocycles. The van der Waals surface area contributed by atoms with Gasteiger partial charge >= 0.3 is 0 Å². The summed E-state index contributed by atoms with van der Waals surface area (Å²) in [5.74, 6) is -0.346. The fourth-order valence-electron chi connectivity index (χ4n) is 1.55. The molecule has 0 saturated heterocycles. The van der Waals surface area contributed by atoms with Gasteiger partial charge in [-0.1, -0.05) is 36.9 Å². The van der Waals surface area contributed by atoms with E-state index in [-0.39, 0.29) is 29.0 Å². The van der Waals surface area contributed by atoms with E-state index in [1.807, 2.05) is 0 Å². The molecular weight excluding hydrogens is 352 g/mol. The normalized spacial score (nSPS) is 10.6. The number of thioether (sulfide) groups is 1. The fraction of sp³-hybridized carbons (Fsp3) is 0.286. The summed E-state index contributed by atoms with van der Waals surface area (Å²) >= 11 is 2.39. The lowest BCUT2D eigenvalue weighted by molar-refractivity contribution is -0.384. The molecule has 0 aliphatic carbocycles. The molecule has 0 atom stereocenters. The summed E-state index contributed by atoms with van der Waals surface area (Å²) < 4.78 is 0.560. The van der Waals surface area contributed by atoms with Gasteiger partial charge in [0.1, 0.15) is 0 Å². The molecule has 0 unspecified atom stereocenters. The highest BCUT2D eigenvalue weighted by atomic mass is 32.2. The molecule has 0 bridgehead atoms. The van der Waals surface area contributed by atoms with Gasteiger partial charge in [-0.3, -0.25) is 19.7 Å². The van der Waals surface area contributed by atoms with Crippen molar-refractivity contribution in [2.24, 2.45) is 5.92 Å². The second-order valence-electron chi connectivity index (χ2n) is 5.03. The number of carbonyl (C=O) groups excluding carboxylic acids is 2. The third kappa shape index (κ3) is 4.83. The van der Waals surface area contributed by atoms with Gasteiger partial charge < -0.3 is 5.32 Å². The number of rotatable bonds is 7. The molecule has 1 heterocycles. The minimum atomic E-state index is -0.517. The first kappa shape index (κ1) is 18.0. The molecule has 0 saturated carbocycles. The number of hydrogen-bond acceptors (Lipinski definition) is 8. The van der Waals surface area contributed by atoms with E-state index >= 15 is 0 Å². The highest BCUT2D eigenvalue weighted by Crippen LogP contribution is 2.26. The minimum Gasteiger partial charge on any atom is -0.300 e. The summed E-state index contributed by atoms with van der Waals surface area (Å²) in [6.45, 7) is 3.55. The lowest BCUT2D eigenvalue weighted by Crippen LogP contribution is -2.17. The molecule has 0 fully saturated rings. The van der Waals surface area contributed by atoms with Crippen molar-refractivity contribution in [3.63, 3.8) is 0 Å². The van der Waals surface area contributed by atoms with E-state index in [0.29, 0.717) is 15.0 Å². The van der Waals surface area contributed by atoms with Crippen LogP contribution in [-0.2, 0) is 4.79 Å². The molecule has 2 aromatic rings. The number of hydrogen-bond donors (Lipinski definition) is 1. The van der Waals surface area contributed by atoms with Crippen LogP contribution in [-0.4, -0.2) is 32.6 Å². The molecule has 1 aromatic heterocycles. The number of anilines is 1. The highest BCUT2D eigenvalue weighted by molar-refractivity contribution is 8.01. The van der Waals surface area contributed by atoms with Crippen LogP contribution in [0.25, 0.3) is 0 Å². The van der Waals surface area contributed by atoms with E-state index in [9.17, 15) is 19.7 Å². The summed E-state index contributed by atoms with van der Waals surface area (Å²) in [7, 11) is 0. The standard InChI is InChI=1S/C14H14N4O4S2/c1-8(2)12(20)15-13-16-17-14(24-13)23-7-11(19)9-3-5-10(6-4-9)18(21)22/h3-6,8H,7H2,1-2H3,(H,15,16,20). The first-order valence-corrected chi connectivity index (χ1v) is 8.72. The Morgan fingerprint density at radius 2 is 1.96 bits per heavy atom. The van der Waals surface area contributed by atoms with Crippen LogP contribution >= 0.6 is 23.1 Å². The Balaban J connectivity index is 1.91. The average molecular weight is 366 g/mol. The third-order valence-corrected chi connectivity index (χ3v) is 4.86. The van der Waals surface area contributed by atoms with E-state index in [1.54, 1.807) is 13.8 Å². The Bertz CT molecular complexity index is 758. The van der Waals surface area contributed by atoms with Gasteiger partial charge in [-0.05, 0) is 12.1 Å². The Morgan fingerprint density at radius 3 is 2.54 bits per heavy atom. The maximum absolute atomic E-state index is 12.1. The molecule has 10 heteroatoms. The second-order valence-corrected chi connectivity index (χ2v) is 7.23. The molecule has 1 amide bonds. The SMILES string of the molecule is CC(C)C(=O)Nc1nnc(SCC(=O)c2ccc([N+](=O)[O-])cc2)s1. The smallest absolute Gasteiger partial charge is 0.269 e. The van der Waals surface area contributed by atoms with Crippen molar-refractivity contribution in [2.75, 3.05) is 11.1 Å². The topological polar surface area (TPSA) is 115 Å². The van der Waals surface area contributed by atoms with Crippen LogP contribution in [0.2, 0.25) is 0 Å². The first-order valence-electron chi connectivity index (χ1n) is 6.91. The van der Waals surface area contributed by atoms with Crippen molar-refractivity contribution in [1.29, 1.82) is 0 Å². The van der Waals surface area contributed by atoms with Gasteiger partial charge in [0.2, 0.25) is 11.0 Å². The van der Waals surface area contributed by atoms with Gasteiger partial charge in [0.05, 0.1) is 10.7 Å². The number of nitro benzene ring substituents is 1. The summed E-state index contributed by atoms with van der Waals surface area (Å²) in [6, 6.07) is 5.44. The van der Waals surface area contributed by atoms with Crippen molar-refractivity contribution in [2.45, 2.75) is 18.2 Å². The number of ketones is 1. The van der Waals surface area contributed by atoms with Crippen molar-refractivity contribution in [1.82, 2.24) is 10.2 Å². The minimum absolute atomic E-state index is 0.0612. The van der Waals surface area contributed by atoms with E-state index in [1.165, 1.54) is 47.4 Å². The Morgan fingerprint density at radius 1 is 1.29 bits per heavy atom. The van der Waals surface area contributed by atoms with Crippen molar-refractivity contribution in [3.8, 4) is 0 Å². The molecule has 1 N–H and O–H groups in total. The fourth-order valence-corrected chi connectivity index (χ4v) is 3.20. The Hall–Kier alpha value is -2.33. The van der Waals surface area contributed by atoms with Crippen molar-refractivity contribution < 1.29 is 14.5 Å². The maximum atomic E-state index is 12.1. The third-order valence-electron chi connectivity index (χ3n) is 2.89. The lowest BCUT2D eigenvalue weighted by atomic mass is 10.1. The van der Waals surface area contributed by atoms with Gasteiger partial charge in [0, 0.05) is 23.6 Å². The number of nitrogens with zero attached hydrogens (tertiary/aromatic N) is 3. The monoisotopic (exact) mass is 366 g/mol. The number of non-ortho nitro benzene ring substituents is 1. The highest BCUT2D eigenvalue weighted by Gasteiger charge is 2.14. The Kier molecular flexibility index (Phi) is 5.99. The summed E-state index contributed by atoms with van der Waals surface area (Å²) in [4.78, 5) is 33.7. The van der Waals surface area contributed by atoms with Crippen LogP contribution in [0.4, 0.5) is 10.8 Å². The molecular formula is C14H14N4O4S2. The first-order chi connectivity index (χ1) is 11.4. The van der Waals surface area contributed by atoms with E-state index < -0.39 is 4.92 Å². The average Bonchev–Trinajstić information content (AvgIpc) is 3.00. The molecule has 2 rings (SSSR count). The number of nitrogens with one attached hydrogen (secondary N) is 1. The second kappa shape index (κ2) is 7.97. The molecule has 24 heavy (non-hydrogen) atoms. The van der Waals surface area contributed by atoms with Crippen molar-refractivity contribution in [3.05, 3.63) is 39.9 Å². The molecule has 0 aliphatic rings.